The first-order chi connectivity index (χ1) is 8.13. The van der Waals surface area contributed by atoms with Crippen LogP contribution in [0.2, 0.25) is 0 Å². The van der Waals surface area contributed by atoms with E-state index in [-0.39, 0.29) is 9.83 Å². The largest absolute Gasteiger partial charge is 0.314 e. The van der Waals surface area contributed by atoms with Crippen molar-refractivity contribution in [3.05, 3.63) is 35.2 Å². The molecule has 4 heteroatoms. The van der Waals surface area contributed by atoms with Gasteiger partial charge in [-0.25, -0.2) is 4.85 Å². The van der Waals surface area contributed by atoms with Crippen LogP contribution in [0.4, 0.5) is 11.4 Å². The molecule has 17 heavy (non-hydrogen) atoms. The second kappa shape index (κ2) is 3.70. The number of rotatable bonds is 0. The summed E-state index contributed by atoms with van der Waals surface area (Å²) in [6, 6.07) is 5.65. The summed E-state index contributed by atoms with van der Waals surface area (Å²) in [5, 5.41) is 0. The summed E-state index contributed by atoms with van der Waals surface area (Å²) in [6.45, 7) is 7.07. The Balaban J connectivity index is 2.15. The van der Waals surface area contributed by atoms with Gasteiger partial charge in [0.2, 0.25) is 5.91 Å². The normalized spacial score (nSPS) is 30.1. The highest BCUT2D eigenvalue weighted by Crippen LogP contribution is 2.56. The number of carbonyl (C=O) groups is 1. The van der Waals surface area contributed by atoms with Crippen LogP contribution in [-0.2, 0) is 4.79 Å². The minimum Gasteiger partial charge on any atom is -0.314 e. The lowest BCUT2D eigenvalue weighted by Crippen LogP contribution is -2.33. The van der Waals surface area contributed by atoms with Crippen LogP contribution in [0.15, 0.2) is 18.2 Å². The quantitative estimate of drug-likeness (QED) is 0.405. The summed E-state index contributed by atoms with van der Waals surface area (Å²) in [7, 11) is 1.83. The fourth-order valence-corrected chi connectivity index (χ4v) is 3.81. The minimum atomic E-state index is 0.0754. The van der Waals surface area contributed by atoms with Crippen LogP contribution in [0.1, 0.15) is 17.9 Å². The molecule has 1 unspecified atom stereocenters. The molecule has 1 aliphatic carbocycles. The van der Waals surface area contributed by atoms with Gasteiger partial charge in [-0.15, -0.1) is 0 Å². The van der Waals surface area contributed by atoms with Crippen molar-refractivity contribution in [2.45, 2.75) is 16.3 Å². The molecule has 2 aliphatic rings. The van der Waals surface area contributed by atoms with Crippen LogP contribution in [-0.4, -0.2) is 16.9 Å². The van der Waals surface area contributed by atoms with E-state index in [9.17, 15) is 4.79 Å². The molecule has 0 aromatic heterocycles. The zero-order valence-electron chi connectivity index (χ0n) is 9.35. The van der Waals surface area contributed by atoms with Crippen molar-refractivity contribution in [3.8, 4) is 0 Å². The Bertz CT molecular complexity index is 549. The zero-order valence-corrected chi connectivity index (χ0v) is 11.5. The number of alkyl halides is 1. The molecule has 1 aromatic carbocycles. The molecule has 86 valence electrons. The van der Waals surface area contributed by atoms with E-state index in [2.05, 4.69) is 27.4 Å². The third kappa shape index (κ3) is 1.56. The summed E-state index contributed by atoms with van der Waals surface area (Å²) in [5.74, 6) is 1.13. The van der Waals surface area contributed by atoms with Crippen molar-refractivity contribution < 1.29 is 4.79 Å². The molecule has 0 bridgehead atoms. The fraction of sp³-hybridized carbons (Fsp3) is 0.385. The standard InChI is InChI=1S/C13H11IN2O/c1-15-7-3-4-11-9(5-7)8-6-10(8)12(14)13(17)16(11)2/h3-5,8,10,12H,6H2,2H3/t8-,10?,12+/m0/s1. The van der Waals surface area contributed by atoms with Gasteiger partial charge in [0.25, 0.3) is 0 Å². The zero-order chi connectivity index (χ0) is 12.2. The van der Waals surface area contributed by atoms with E-state index in [1.165, 1.54) is 5.56 Å². The topological polar surface area (TPSA) is 24.7 Å². The first-order valence-corrected chi connectivity index (χ1v) is 6.81. The molecule has 1 heterocycles. The number of hydrogen-bond acceptors (Lipinski definition) is 1. The summed E-state index contributed by atoms with van der Waals surface area (Å²) in [5.41, 5.74) is 2.83. The molecule has 0 saturated heterocycles. The molecule has 3 nitrogen and oxygen atoms in total. The molecule has 3 rings (SSSR count). The van der Waals surface area contributed by atoms with E-state index in [4.69, 9.17) is 6.57 Å². The summed E-state index contributed by atoms with van der Waals surface area (Å²) >= 11 is 2.25. The molecule has 0 spiro atoms. The highest BCUT2D eigenvalue weighted by Gasteiger charge is 2.50. The van der Waals surface area contributed by atoms with Crippen molar-refractivity contribution in [3.63, 3.8) is 0 Å². The van der Waals surface area contributed by atoms with Crippen molar-refractivity contribution in [1.82, 2.24) is 0 Å². The maximum Gasteiger partial charge on any atom is 0.239 e. The number of amides is 1. The lowest BCUT2D eigenvalue weighted by atomic mass is 10.1. The Kier molecular flexibility index (Phi) is 2.40. The monoisotopic (exact) mass is 338 g/mol. The van der Waals surface area contributed by atoms with Crippen LogP contribution in [0, 0.1) is 12.5 Å². The van der Waals surface area contributed by atoms with E-state index in [0.717, 1.165) is 12.1 Å². The number of anilines is 1. The first kappa shape index (κ1) is 11.0. The Labute approximate surface area is 114 Å². The molecule has 3 atom stereocenters. The highest BCUT2D eigenvalue weighted by molar-refractivity contribution is 14.1. The Morgan fingerprint density at radius 2 is 2.29 bits per heavy atom. The van der Waals surface area contributed by atoms with E-state index < -0.39 is 0 Å². The van der Waals surface area contributed by atoms with E-state index in [1.807, 2.05) is 19.2 Å². The minimum absolute atomic E-state index is 0.0754. The second-order valence-electron chi connectivity index (χ2n) is 4.66. The SMILES string of the molecule is [C-]#[N+]c1ccc2c(c1)[C@@H]1CC1[C@@H](I)C(=O)N2C. The summed E-state index contributed by atoms with van der Waals surface area (Å²) < 4.78 is 0.0754. The van der Waals surface area contributed by atoms with E-state index in [1.54, 1.807) is 11.0 Å². The molecule has 1 aromatic rings. The number of halogens is 1. The number of carbonyl (C=O) groups excluding carboxylic acids is 1. The van der Waals surface area contributed by atoms with Gasteiger partial charge in [0.05, 0.1) is 10.5 Å². The third-order valence-corrected chi connectivity index (χ3v) is 5.14. The first-order valence-electron chi connectivity index (χ1n) is 5.56. The summed E-state index contributed by atoms with van der Waals surface area (Å²) in [6.07, 6.45) is 1.08. The average molecular weight is 338 g/mol. The molecular formula is C13H11IN2O. The lowest BCUT2D eigenvalue weighted by molar-refractivity contribution is -0.117. The third-order valence-electron chi connectivity index (χ3n) is 3.68. The number of fused-ring (bicyclic) bond motifs is 3. The smallest absolute Gasteiger partial charge is 0.239 e. The van der Waals surface area contributed by atoms with Crippen molar-refractivity contribution in [1.29, 1.82) is 0 Å². The van der Waals surface area contributed by atoms with Gasteiger partial charge in [-0.1, -0.05) is 34.7 Å². The molecule has 1 saturated carbocycles. The number of benzene rings is 1. The van der Waals surface area contributed by atoms with Crippen molar-refractivity contribution in [2.24, 2.45) is 5.92 Å². The molecular weight excluding hydrogens is 327 g/mol. The van der Waals surface area contributed by atoms with E-state index in [0.29, 0.717) is 17.5 Å². The van der Waals surface area contributed by atoms with Gasteiger partial charge in [-0.05, 0) is 29.9 Å². The van der Waals surface area contributed by atoms with Gasteiger partial charge < -0.3 is 4.90 Å². The van der Waals surface area contributed by atoms with Gasteiger partial charge in [0.1, 0.15) is 0 Å². The van der Waals surface area contributed by atoms with Crippen LogP contribution >= 0.6 is 22.6 Å². The summed E-state index contributed by atoms with van der Waals surface area (Å²) in [4.78, 5) is 17.4. The number of nitrogens with zero attached hydrogens (tertiary/aromatic N) is 2. The highest BCUT2D eigenvalue weighted by atomic mass is 127. The van der Waals surface area contributed by atoms with Gasteiger partial charge in [-0.2, -0.15) is 0 Å². The van der Waals surface area contributed by atoms with Crippen LogP contribution in [0.3, 0.4) is 0 Å². The van der Waals surface area contributed by atoms with Crippen molar-refractivity contribution in [2.75, 3.05) is 11.9 Å². The molecule has 0 N–H and O–H groups in total. The molecule has 1 fully saturated rings. The molecule has 1 aliphatic heterocycles. The Hall–Kier alpha value is -1.09. The van der Waals surface area contributed by atoms with Gasteiger partial charge in [0, 0.05) is 12.7 Å². The Morgan fingerprint density at radius 1 is 1.53 bits per heavy atom. The lowest BCUT2D eigenvalue weighted by Gasteiger charge is -2.20. The predicted molar refractivity (Wildman–Crippen MR) is 74.8 cm³/mol. The van der Waals surface area contributed by atoms with E-state index >= 15 is 0 Å². The van der Waals surface area contributed by atoms with Gasteiger partial charge >= 0.3 is 0 Å². The van der Waals surface area contributed by atoms with Crippen LogP contribution in [0.25, 0.3) is 4.85 Å². The van der Waals surface area contributed by atoms with Gasteiger partial charge in [0.15, 0.2) is 5.69 Å². The van der Waals surface area contributed by atoms with Crippen molar-refractivity contribution >= 4 is 39.9 Å². The van der Waals surface area contributed by atoms with Crippen LogP contribution < -0.4 is 4.90 Å². The molecule has 0 radical (unpaired) electrons. The molecule has 1 amide bonds. The Morgan fingerprint density at radius 3 is 3.00 bits per heavy atom. The van der Waals surface area contributed by atoms with Gasteiger partial charge in [-0.3, -0.25) is 4.79 Å². The predicted octanol–water partition coefficient (Wildman–Crippen LogP) is 3.12. The number of hydrogen-bond donors (Lipinski definition) is 0. The van der Waals surface area contributed by atoms with Crippen LogP contribution in [0.5, 0.6) is 0 Å². The second-order valence-corrected chi connectivity index (χ2v) is 6.00. The fourth-order valence-electron chi connectivity index (χ4n) is 2.60. The maximum atomic E-state index is 12.2. The maximum absolute atomic E-state index is 12.2. The average Bonchev–Trinajstić information content (AvgIpc) is 3.15.